The summed E-state index contributed by atoms with van der Waals surface area (Å²) in [6, 6.07) is 1.84. The zero-order chi connectivity index (χ0) is 12.1. The number of rotatable bonds is 3. The van der Waals surface area contributed by atoms with E-state index in [0.29, 0.717) is 6.54 Å². The molecule has 1 N–H and O–H groups in total. The van der Waals surface area contributed by atoms with Gasteiger partial charge >= 0.3 is 0 Å². The van der Waals surface area contributed by atoms with Gasteiger partial charge in [0.2, 0.25) is 11.9 Å². The number of nitrogens with zero attached hydrogens (tertiary/aromatic N) is 3. The molecule has 0 atom stereocenters. The Morgan fingerprint density at radius 3 is 2.88 bits per heavy atom. The monoisotopic (exact) mass is 234 g/mol. The third-order valence-electron chi connectivity index (χ3n) is 2.86. The van der Waals surface area contributed by atoms with Crippen LogP contribution in [0.1, 0.15) is 31.9 Å². The lowest BCUT2D eigenvalue weighted by molar-refractivity contribution is -0.119. The molecule has 0 unspecified atom stereocenters. The number of nitrogens with one attached hydrogen (secondary N) is 1. The van der Waals surface area contributed by atoms with E-state index >= 15 is 0 Å². The van der Waals surface area contributed by atoms with Gasteiger partial charge < -0.3 is 10.2 Å². The Morgan fingerprint density at radius 1 is 1.41 bits per heavy atom. The fraction of sp³-hybridized carbons (Fsp3) is 0.583. The van der Waals surface area contributed by atoms with E-state index in [-0.39, 0.29) is 5.91 Å². The fourth-order valence-electron chi connectivity index (χ4n) is 1.94. The Kier molecular flexibility index (Phi) is 3.90. The standard InChI is InChI=1S/C12H18N4O/c1-10(17)14-9-11-5-6-13-12(15-11)16-7-3-2-4-8-16/h5-6H,2-4,7-9H2,1H3,(H,14,17). The van der Waals surface area contributed by atoms with E-state index in [1.165, 1.54) is 26.2 Å². The van der Waals surface area contributed by atoms with Crippen molar-refractivity contribution >= 4 is 11.9 Å². The van der Waals surface area contributed by atoms with Crippen LogP contribution in [0, 0.1) is 0 Å². The highest BCUT2D eigenvalue weighted by Gasteiger charge is 2.13. The highest BCUT2D eigenvalue weighted by atomic mass is 16.1. The van der Waals surface area contributed by atoms with Gasteiger partial charge in [0.15, 0.2) is 0 Å². The lowest BCUT2D eigenvalue weighted by Crippen LogP contribution is -2.31. The highest BCUT2D eigenvalue weighted by molar-refractivity contribution is 5.72. The minimum Gasteiger partial charge on any atom is -0.351 e. The molecule has 1 aliphatic rings. The highest BCUT2D eigenvalue weighted by Crippen LogP contribution is 2.15. The van der Waals surface area contributed by atoms with Gasteiger partial charge in [-0.2, -0.15) is 0 Å². The Labute approximate surface area is 101 Å². The Morgan fingerprint density at radius 2 is 2.18 bits per heavy atom. The van der Waals surface area contributed by atoms with Gasteiger partial charge in [0.25, 0.3) is 0 Å². The molecule has 5 heteroatoms. The fourth-order valence-corrected chi connectivity index (χ4v) is 1.94. The zero-order valence-electron chi connectivity index (χ0n) is 10.1. The Hall–Kier alpha value is -1.65. The predicted molar refractivity (Wildman–Crippen MR) is 65.6 cm³/mol. The van der Waals surface area contributed by atoms with Crippen LogP contribution in [-0.4, -0.2) is 29.0 Å². The average Bonchev–Trinajstić information content (AvgIpc) is 2.38. The van der Waals surface area contributed by atoms with Gasteiger partial charge in [-0.15, -0.1) is 0 Å². The second kappa shape index (κ2) is 5.61. The van der Waals surface area contributed by atoms with Gasteiger partial charge in [0.05, 0.1) is 12.2 Å². The number of anilines is 1. The van der Waals surface area contributed by atoms with Crippen molar-refractivity contribution in [3.8, 4) is 0 Å². The van der Waals surface area contributed by atoms with Crippen LogP contribution in [0.15, 0.2) is 12.3 Å². The average molecular weight is 234 g/mol. The van der Waals surface area contributed by atoms with E-state index in [0.717, 1.165) is 24.7 Å². The molecule has 0 aromatic carbocycles. The van der Waals surface area contributed by atoms with Gasteiger partial charge in [-0.05, 0) is 25.3 Å². The molecule has 0 radical (unpaired) electrons. The number of piperidine rings is 1. The van der Waals surface area contributed by atoms with Crippen molar-refractivity contribution in [2.45, 2.75) is 32.7 Å². The summed E-state index contributed by atoms with van der Waals surface area (Å²) in [6.45, 7) is 4.04. The van der Waals surface area contributed by atoms with Crippen LogP contribution < -0.4 is 10.2 Å². The minimum atomic E-state index is -0.0388. The van der Waals surface area contributed by atoms with Gasteiger partial charge in [-0.3, -0.25) is 4.79 Å². The van der Waals surface area contributed by atoms with Crippen molar-refractivity contribution in [3.05, 3.63) is 18.0 Å². The normalized spacial score (nSPS) is 15.7. The maximum atomic E-state index is 10.8. The molecular formula is C12H18N4O. The number of hydrogen-bond acceptors (Lipinski definition) is 4. The zero-order valence-corrected chi connectivity index (χ0v) is 10.1. The molecule has 1 aliphatic heterocycles. The summed E-state index contributed by atoms with van der Waals surface area (Å²) < 4.78 is 0. The first kappa shape index (κ1) is 11.8. The van der Waals surface area contributed by atoms with Crippen molar-refractivity contribution in [3.63, 3.8) is 0 Å². The van der Waals surface area contributed by atoms with Crippen LogP contribution in [0.3, 0.4) is 0 Å². The summed E-state index contributed by atoms with van der Waals surface area (Å²) in [6.07, 6.45) is 5.47. The van der Waals surface area contributed by atoms with Gasteiger partial charge in [0.1, 0.15) is 0 Å². The van der Waals surface area contributed by atoms with Crippen molar-refractivity contribution in [2.75, 3.05) is 18.0 Å². The molecule has 0 saturated carbocycles. The van der Waals surface area contributed by atoms with Crippen LogP contribution in [0.25, 0.3) is 0 Å². The third kappa shape index (κ3) is 3.41. The maximum Gasteiger partial charge on any atom is 0.225 e. The lowest BCUT2D eigenvalue weighted by atomic mass is 10.1. The minimum absolute atomic E-state index is 0.0388. The summed E-state index contributed by atoms with van der Waals surface area (Å²) >= 11 is 0. The van der Waals surface area contributed by atoms with Crippen molar-refractivity contribution in [1.82, 2.24) is 15.3 Å². The molecule has 2 rings (SSSR count). The van der Waals surface area contributed by atoms with Crippen LogP contribution in [0.2, 0.25) is 0 Å². The van der Waals surface area contributed by atoms with Gasteiger partial charge in [-0.1, -0.05) is 0 Å². The van der Waals surface area contributed by atoms with Crippen LogP contribution in [-0.2, 0) is 11.3 Å². The van der Waals surface area contributed by atoms with Crippen LogP contribution >= 0.6 is 0 Å². The topological polar surface area (TPSA) is 58.1 Å². The first-order valence-corrected chi connectivity index (χ1v) is 6.07. The molecular weight excluding hydrogens is 216 g/mol. The van der Waals surface area contributed by atoms with Crippen molar-refractivity contribution < 1.29 is 4.79 Å². The van der Waals surface area contributed by atoms with E-state index in [1.807, 2.05) is 6.07 Å². The lowest BCUT2D eigenvalue weighted by Gasteiger charge is -2.26. The number of amides is 1. The molecule has 2 heterocycles. The molecule has 1 aromatic rings. The SMILES string of the molecule is CC(=O)NCc1ccnc(N2CCCCC2)n1. The number of aromatic nitrogens is 2. The molecule has 1 aromatic heterocycles. The summed E-state index contributed by atoms with van der Waals surface area (Å²) in [5.41, 5.74) is 0.857. The second-order valence-corrected chi connectivity index (χ2v) is 4.31. The molecule has 17 heavy (non-hydrogen) atoms. The number of carbonyl (C=O) groups excluding carboxylic acids is 1. The predicted octanol–water partition coefficient (Wildman–Crippen LogP) is 1.10. The molecule has 0 aliphatic carbocycles. The van der Waals surface area contributed by atoms with Crippen LogP contribution in [0.5, 0.6) is 0 Å². The Balaban J connectivity index is 2.02. The first-order valence-electron chi connectivity index (χ1n) is 6.07. The van der Waals surface area contributed by atoms with E-state index in [1.54, 1.807) is 6.20 Å². The molecule has 1 saturated heterocycles. The largest absolute Gasteiger partial charge is 0.351 e. The summed E-state index contributed by atoms with van der Waals surface area (Å²) in [7, 11) is 0. The van der Waals surface area contributed by atoms with E-state index in [4.69, 9.17) is 0 Å². The van der Waals surface area contributed by atoms with Gasteiger partial charge in [-0.25, -0.2) is 9.97 Å². The first-order chi connectivity index (χ1) is 8.25. The summed E-state index contributed by atoms with van der Waals surface area (Å²) in [4.78, 5) is 21.8. The van der Waals surface area contributed by atoms with E-state index < -0.39 is 0 Å². The Bertz CT molecular complexity index is 388. The second-order valence-electron chi connectivity index (χ2n) is 4.31. The molecule has 5 nitrogen and oxygen atoms in total. The smallest absolute Gasteiger partial charge is 0.225 e. The van der Waals surface area contributed by atoms with Gasteiger partial charge in [0, 0.05) is 26.2 Å². The van der Waals surface area contributed by atoms with Crippen LogP contribution in [0.4, 0.5) is 5.95 Å². The van der Waals surface area contributed by atoms with E-state index in [9.17, 15) is 4.79 Å². The third-order valence-corrected chi connectivity index (χ3v) is 2.86. The molecule has 0 spiro atoms. The number of hydrogen-bond donors (Lipinski definition) is 1. The quantitative estimate of drug-likeness (QED) is 0.851. The molecule has 1 amide bonds. The van der Waals surface area contributed by atoms with E-state index in [2.05, 4.69) is 20.2 Å². The number of carbonyl (C=O) groups is 1. The van der Waals surface area contributed by atoms with Crippen molar-refractivity contribution in [1.29, 1.82) is 0 Å². The summed E-state index contributed by atoms with van der Waals surface area (Å²) in [5.74, 6) is 0.746. The van der Waals surface area contributed by atoms with Crippen molar-refractivity contribution in [2.24, 2.45) is 0 Å². The summed E-state index contributed by atoms with van der Waals surface area (Å²) in [5, 5.41) is 2.74. The molecule has 0 bridgehead atoms. The molecule has 92 valence electrons. The maximum absolute atomic E-state index is 10.8. The molecule has 1 fully saturated rings.